The highest BCUT2D eigenvalue weighted by atomic mass is 35.5. The van der Waals surface area contributed by atoms with Crippen LogP contribution in [0.15, 0.2) is 72.8 Å². The maximum atomic E-state index is 6.22. The van der Waals surface area contributed by atoms with Gasteiger partial charge in [0.25, 0.3) is 0 Å². The molecular weight excluding hydrogens is 449 g/mol. The topological polar surface area (TPSA) is 74.1 Å². The van der Waals surface area contributed by atoms with Crippen LogP contribution >= 0.6 is 11.6 Å². The first-order valence-corrected chi connectivity index (χ1v) is 10.3. The van der Waals surface area contributed by atoms with Gasteiger partial charge in [-0.05, 0) is 58.8 Å². The first kappa shape index (κ1) is 23.5. The van der Waals surface area contributed by atoms with Crippen LogP contribution < -0.4 is 27.2 Å². The number of rotatable bonds is 9. The van der Waals surface area contributed by atoms with E-state index in [2.05, 4.69) is 20.8 Å². The van der Waals surface area contributed by atoms with E-state index < -0.39 is 0 Å². The molecule has 7 nitrogen and oxygen atoms in total. The lowest BCUT2D eigenvalue weighted by molar-refractivity contribution is -0.00000733. The van der Waals surface area contributed by atoms with Crippen molar-refractivity contribution in [1.29, 1.82) is 0 Å². The molecule has 0 spiro atoms. The van der Waals surface area contributed by atoms with Crippen LogP contribution in [0.3, 0.4) is 0 Å². The molecule has 0 atom stereocenters. The number of tetrazole rings is 1. The summed E-state index contributed by atoms with van der Waals surface area (Å²) in [4.78, 5) is 0. The van der Waals surface area contributed by atoms with Crippen LogP contribution in [0.2, 0.25) is 5.02 Å². The normalized spacial score (nSPS) is 10.4. The molecule has 0 saturated carbocycles. The van der Waals surface area contributed by atoms with Gasteiger partial charge in [-0.15, -0.1) is 0 Å². The Kier molecular flexibility index (Phi) is 8.44. The summed E-state index contributed by atoms with van der Waals surface area (Å²) in [6, 6.07) is 23.4. The molecule has 32 heavy (non-hydrogen) atoms. The highest BCUT2D eigenvalue weighted by Gasteiger charge is 2.14. The molecule has 0 saturated heterocycles. The zero-order chi connectivity index (χ0) is 21.5. The maximum Gasteiger partial charge on any atom is 0.346 e. The summed E-state index contributed by atoms with van der Waals surface area (Å²) in [7, 11) is 0. The third kappa shape index (κ3) is 5.76. The van der Waals surface area contributed by atoms with E-state index in [1.54, 1.807) is 0 Å². The number of nitrogens with one attached hydrogen (secondary N) is 1. The van der Waals surface area contributed by atoms with E-state index in [0.717, 1.165) is 21.8 Å². The van der Waals surface area contributed by atoms with Gasteiger partial charge in [-0.2, -0.15) is 4.68 Å². The molecule has 0 aliphatic rings. The van der Waals surface area contributed by atoms with Gasteiger partial charge < -0.3 is 27.2 Å². The predicted octanol–water partition coefficient (Wildman–Crippen LogP) is 1.80. The van der Waals surface area contributed by atoms with Crippen molar-refractivity contribution >= 4 is 11.6 Å². The molecule has 0 aliphatic carbocycles. The summed E-state index contributed by atoms with van der Waals surface area (Å²) < 4.78 is 13.3. The Labute approximate surface area is 197 Å². The fourth-order valence-electron chi connectivity index (χ4n) is 3.07. The van der Waals surface area contributed by atoms with Crippen LogP contribution in [0, 0.1) is 0 Å². The number of hydrogen-bond acceptors (Lipinski definition) is 6. The number of para-hydroxylation sites is 1. The lowest BCUT2D eigenvalue weighted by Gasteiger charge is -2.13. The first-order chi connectivity index (χ1) is 15.2. The van der Waals surface area contributed by atoms with Crippen molar-refractivity contribution in [2.24, 2.45) is 0 Å². The standard InChI is InChI=1S/C23H22ClN5O2.ClH/c1-2-30-22-14-17(15-25-16-18-8-6-7-11-20(18)24)12-13-21(22)31-23-26-27-28-29(23)19-9-4-3-5-10-19;/h3-14,25H,2,15-16H2,1H3;1H/p-1. The smallest absolute Gasteiger partial charge is 0.346 e. The second kappa shape index (κ2) is 11.5. The first-order valence-electron chi connectivity index (χ1n) is 9.96. The third-order valence-corrected chi connectivity index (χ3v) is 4.92. The van der Waals surface area contributed by atoms with Crippen LogP contribution in [0.25, 0.3) is 5.69 Å². The Hall–Kier alpha value is -3.13. The van der Waals surface area contributed by atoms with Gasteiger partial charge in [0.1, 0.15) is 0 Å². The van der Waals surface area contributed by atoms with Gasteiger partial charge in [0, 0.05) is 18.1 Å². The fourth-order valence-corrected chi connectivity index (χ4v) is 3.27. The number of ether oxygens (including phenoxy) is 2. The van der Waals surface area contributed by atoms with E-state index in [-0.39, 0.29) is 18.4 Å². The van der Waals surface area contributed by atoms with Crippen LogP contribution in [0.1, 0.15) is 18.1 Å². The molecule has 0 amide bonds. The molecule has 4 rings (SSSR count). The van der Waals surface area contributed by atoms with Gasteiger partial charge in [-0.1, -0.05) is 59.2 Å². The molecule has 0 unspecified atom stereocenters. The van der Waals surface area contributed by atoms with Gasteiger partial charge in [0.2, 0.25) is 0 Å². The number of nitrogens with zero attached hydrogens (tertiary/aromatic N) is 4. The second-order valence-corrected chi connectivity index (χ2v) is 7.13. The second-order valence-electron chi connectivity index (χ2n) is 6.72. The monoisotopic (exact) mass is 470 g/mol. The molecule has 0 radical (unpaired) electrons. The molecule has 1 heterocycles. The van der Waals surface area contributed by atoms with E-state index in [9.17, 15) is 0 Å². The van der Waals surface area contributed by atoms with Crippen molar-refractivity contribution in [3.63, 3.8) is 0 Å². The molecule has 1 aromatic heterocycles. The fraction of sp³-hybridized carbons (Fsp3) is 0.174. The Morgan fingerprint density at radius 2 is 1.72 bits per heavy atom. The minimum Gasteiger partial charge on any atom is -1.00 e. The largest absolute Gasteiger partial charge is 1.00 e. The van der Waals surface area contributed by atoms with Crippen LogP contribution in [-0.4, -0.2) is 26.8 Å². The third-order valence-electron chi connectivity index (χ3n) is 4.55. The van der Waals surface area contributed by atoms with E-state index in [1.807, 2.05) is 79.7 Å². The Bertz CT molecular complexity index is 1140. The number of halogens is 2. The molecular formula is C23H22Cl2N5O2-. The predicted molar refractivity (Wildman–Crippen MR) is 119 cm³/mol. The highest BCUT2D eigenvalue weighted by molar-refractivity contribution is 6.31. The van der Waals surface area contributed by atoms with Crippen LogP contribution in [0.5, 0.6) is 17.5 Å². The van der Waals surface area contributed by atoms with E-state index >= 15 is 0 Å². The summed E-state index contributed by atoms with van der Waals surface area (Å²) >= 11 is 6.22. The van der Waals surface area contributed by atoms with Crippen molar-refractivity contribution in [2.75, 3.05) is 6.61 Å². The number of benzene rings is 3. The minimum atomic E-state index is 0. The minimum absolute atomic E-state index is 0. The van der Waals surface area contributed by atoms with Gasteiger partial charge in [0.05, 0.1) is 12.3 Å². The highest BCUT2D eigenvalue weighted by Crippen LogP contribution is 2.32. The zero-order valence-electron chi connectivity index (χ0n) is 17.4. The lowest BCUT2D eigenvalue weighted by Crippen LogP contribution is -3.00. The summed E-state index contributed by atoms with van der Waals surface area (Å²) in [5, 5.41) is 15.9. The van der Waals surface area contributed by atoms with E-state index in [0.29, 0.717) is 31.2 Å². The van der Waals surface area contributed by atoms with E-state index in [4.69, 9.17) is 21.1 Å². The lowest BCUT2D eigenvalue weighted by atomic mass is 10.2. The average molecular weight is 471 g/mol. The molecule has 1 N–H and O–H groups in total. The number of hydrogen-bond donors (Lipinski definition) is 1. The van der Waals surface area contributed by atoms with Gasteiger partial charge in [-0.3, -0.25) is 0 Å². The Balaban J connectivity index is 0.00000289. The van der Waals surface area contributed by atoms with Gasteiger partial charge in [-0.25, -0.2) is 0 Å². The summed E-state index contributed by atoms with van der Waals surface area (Å²) in [6.45, 7) is 3.78. The SMILES string of the molecule is CCOc1cc(CNCc2ccccc2Cl)ccc1Oc1nnnn1-c1ccccc1.[Cl-]. The molecule has 4 aromatic rings. The molecule has 9 heteroatoms. The quantitative estimate of drug-likeness (QED) is 0.402. The van der Waals surface area contributed by atoms with Crippen LogP contribution in [0.4, 0.5) is 0 Å². The van der Waals surface area contributed by atoms with Crippen LogP contribution in [-0.2, 0) is 13.1 Å². The van der Waals surface area contributed by atoms with Crippen molar-refractivity contribution in [3.05, 3.63) is 88.9 Å². The van der Waals surface area contributed by atoms with Crippen molar-refractivity contribution in [1.82, 2.24) is 25.5 Å². The molecule has 166 valence electrons. The molecule has 3 aromatic carbocycles. The van der Waals surface area contributed by atoms with Crippen molar-refractivity contribution in [3.8, 4) is 23.2 Å². The molecule has 0 bridgehead atoms. The molecule has 0 aliphatic heterocycles. The van der Waals surface area contributed by atoms with Crippen molar-refractivity contribution in [2.45, 2.75) is 20.0 Å². The Morgan fingerprint density at radius 1 is 0.938 bits per heavy atom. The molecule has 0 fully saturated rings. The Morgan fingerprint density at radius 3 is 2.50 bits per heavy atom. The summed E-state index contributed by atoms with van der Waals surface area (Å²) in [5.41, 5.74) is 2.92. The zero-order valence-corrected chi connectivity index (χ0v) is 18.9. The van der Waals surface area contributed by atoms with Gasteiger partial charge in [0.15, 0.2) is 11.5 Å². The van der Waals surface area contributed by atoms with E-state index in [1.165, 1.54) is 4.68 Å². The maximum absolute atomic E-state index is 6.22. The summed E-state index contributed by atoms with van der Waals surface area (Å²) in [5.74, 6) is 1.17. The summed E-state index contributed by atoms with van der Waals surface area (Å²) in [6.07, 6.45) is 0. The number of aromatic nitrogens is 4. The van der Waals surface area contributed by atoms with Crippen molar-refractivity contribution < 1.29 is 21.9 Å². The average Bonchev–Trinajstić information content (AvgIpc) is 3.26. The van der Waals surface area contributed by atoms with Gasteiger partial charge >= 0.3 is 6.01 Å².